The molecule has 1 fully saturated rings. The maximum Gasteiger partial charge on any atom is 0.294 e. The van der Waals surface area contributed by atoms with Crippen LogP contribution in [0.15, 0.2) is 0 Å². The predicted octanol–water partition coefficient (Wildman–Crippen LogP) is 1.12. The van der Waals surface area contributed by atoms with Crippen LogP contribution >= 0.6 is 0 Å². The molecule has 1 aliphatic carbocycles. The zero-order valence-corrected chi connectivity index (χ0v) is 7.86. The zero-order valence-electron chi connectivity index (χ0n) is 7.86. The first-order chi connectivity index (χ1) is 6.22. The second-order valence-electron chi connectivity index (χ2n) is 3.36. The SMILES string of the molecule is CCNC1CCC(O[N+](=O)[O-])CC1. The van der Waals surface area contributed by atoms with E-state index < -0.39 is 5.09 Å². The zero-order chi connectivity index (χ0) is 9.68. The number of hydrogen-bond donors (Lipinski definition) is 1. The van der Waals surface area contributed by atoms with E-state index in [0.717, 1.165) is 32.2 Å². The van der Waals surface area contributed by atoms with Crippen LogP contribution in [0, 0.1) is 10.1 Å². The lowest BCUT2D eigenvalue weighted by Gasteiger charge is -2.27. The summed E-state index contributed by atoms with van der Waals surface area (Å²) in [4.78, 5) is 14.6. The quantitative estimate of drug-likeness (QED) is 0.530. The molecular formula is C8H16N2O3. The van der Waals surface area contributed by atoms with Gasteiger partial charge < -0.3 is 10.2 Å². The Labute approximate surface area is 77.6 Å². The van der Waals surface area contributed by atoms with Gasteiger partial charge in [-0.15, -0.1) is 10.1 Å². The Kier molecular flexibility index (Phi) is 3.95. The van der Waals surface area contributed by atoms with E-state index in [4.69, 9.17) is 0 Å². The van der Waals surface area contributed by atoms with Gasteiger partial charge in [0, 0.05) is 6.04 Å². The standard InChI is InChI=1S/C8H16N2O3/c1-2-9-7-3-5-8(6-4-7)13-10(11)12/h7-9H,2-6H2,1H3. The van der Waals surface area contributed by atoms with Gasteiger partial charge in [0.25, 0.3) is 5.09 Å². The Hall–Kier alpha value is -0.840. The summed E-state index contributed by atoms with van der Waals surface area (Å²) in [5.74, 6) is 0. The van der Waals surface area contributed by atoms with Gasteiger partial charge >= 0.3 is 0 Å². The third-order valence-corrected chi connectivity index (χ3v) is 2.40. The summed E-state index contributed by atoms with van der Waals surface area (Å²) in [6.45, 7) is 3.03. The number of rotatable bonds is 4. The van der Waals surface area contributed by atoms with Crippen molar-refractivity contribution < 1.29 is 9.92 Å². The molecule has 13 heavy (non-hydrogen) atoms. The minimum atomic E-state index is -0.682. The van der Waals surface area contributed by atoms with E-state index in [2.05, 4.69) is 17.1 Å². The molecule has 1 aliphatic rings. The van der Waals surface area contributed by atoms with Crippen molar-refractivity contribution in [2.24, 2.45) is 0 Å². The average molecular weight is 188 g/mol. The molecule has 1 rings (SSSR count). The van der Waals surface area contributed by atoms with Crippen LogP contribution < -0.4 is 5.32 Å². The second-order valence-corrected chi connectivity index (χ2v) is 3.36. The molecule has 76 valence electrons. The molecule has 0 bridgehead atoms. The van der Waals surface area contributed by atoms with Crippen molar-refractivity contribution in [3.63, 3.8) is 0 Å². The second kappa shape index (κ2) is 5.01. The van der Waals surface area contributed by atoms with Crippen LogP contribution in [0.3, 0.4) is 0 Å². The predicted molar refractivity (Wildman–Crippen MR) is 47.8 cm³/mol. The highest BCUT2D eigenvalue weighted by Crippen LogP contribution is 2.20. The molecule has 1 N–H and O–H groups in total. The average Bonchev–Trinajstić information content (AvgIpc) is 2.08. The van der Waals surface area contributed by atoms with Crippen molar-refractivity contribution in [3.05, 3.63) is 10.1 Å². The Morgan fingerprint density at radius 2 is 2.08 bits per heavy atom. The highest BCUT2D eigenvalue weighted by atomic mass is 17.0. The number of nitrogens with zero attached hydrogens (tertiary/aromatic N) is 1. The fourth-order valence-corrected chi connectivity index (χ4v) is 1.78. The van der Waals surface area contributed by atoms with Crippen molar-refractivity contribution >= 4 is 0 Å². The van der Waals surface area contributed by atoms with Gasteiger partial charge in [-0.1, -0.05) is 6.92 Å². The van der Waals surface area contributed by atoms with Crippen LogP contribution in [0.4, 0.5) is 0 Å². The monoisotopic (exact) mass is 188 g/mol. The maximum atomic E-state index is 10.0. The topological polar surface area (TPSA) is 64.4 Å². The van der Waals surface area contributed by atoms with Gasteiger partial charge in [0.1, 0.15) is 6.10 Å². The third-order valence-electron chi connectivity index (χ3n) is 2.40. The van der Waals surface area contributed by atoms with Gasteiger partial charge in [-0.2, -0.15) is 0 Å². The van der Waals surface area contributed by atoms with Gasteiger partial charge in [-0.3, -0.25) is 0 Å². The molecule has 0 heterocycles. The third kappa shape index (κ3) is 3.59. The molecule has 1 saturated carbocycles. The molecule has 5 nitrogen and oxygen atoms in total. The van der Waals surface area contributed by atoms with Crippen molar-refractivity contribution in [2.75, 3.05) is 6.54 Å². The molecule has 0 radical (unpaired) electrons. The summed E-state index contributed by atoms with van der Waals surface area (Å²) < 4.78 is 0. The summed E-state index contributed by atoms with van der Waals surface area (Å²) in [6, 6.07) is 0.525. The molecule has 0 aromatic carbocycles. The molecule has 0 amide bonds. The molecule has 0 saturated heterocycles. The first-order valence-corrected chi connectivity index (χ1v) is 4.77. The molecule has 5 heteroatoms. The van der Waals surface area contributed by atoms with Crippen molar-refractivity contribution in [3.8, 4) is 0 Å². The Morgan fingerprint density at radius 3 is 2.54 bits per heavy atom. The Bertz CT molecular complexity index is 167. The lowest BCUT2D eigenvalue weighted by molar-refractivity contribution is -0.769. The highest BCUT2D eigenvalue weighted by molar-refractivity contribution is 4.76. The van der Waals surface area contributed by atoms with Crippen molar-refractivity contribution in [1.82, 2.24) is 5.32 Å². The van der Waals surface area contributed by atoms with E-state index in [1.165, 1.54) is 0 Å². The van der Waals surface area contributed by atoms with Crippen LogP contribution in [0.2, 0.25) is 0 Å². The normalized spacial score (nSPS) is 28.4. The van der Waals surface area contributed by atoms with Gasteiger partial charge in [0.15, 0.2) is 0 Å². The Morgan fingerprint density at radius 1 is 1.46 bits per heavy atom. The van der Waals surface area contributed by atoms with Gasteiger partial charge in [-0.25, -0.2) is 0 Å². The molecule has 0 unspecified atom stereocenters. The highest BCUT2D eigenvalue weighted by Gasteiger charge is 2.22. The maximum absolute atomic E-state index is 10.0. The van der Waals surface area contributed by atoms with E-state index in [9.17, 15) is 10.1 Å². The van der Waals surface area contributed by atoms with Crippen molar-refractivity contribution in [2.45, 2.75) is 44.8 Å². The van der Waals surface area contributed by atoms with Crippen LogP contribution in [-0.2, 0) is 4.84 Å². The van der Waals surface area contributed by atoms with E-state index >= 15 is 0 Å². The van der Waals surface area contributed by atoms with Gasteiger partial charge in [0.2, 0.25) is 0 Å². The summed E-state index contributed by atoms with van der Waals surface area (Å²) in [7, 11) is 0. The van der Waals surface area contributed by atoms with Crippen LogP contribution in [-0.4, -0.2) is 23.8 Å². The molecule has 0 atom stereocenters. The fourth-order valence-electron chi connectivity index (χ4n) is 1.78. The minimum Gasteiger partial charge on any atom is -0.314 e. The van der Waals surface area contributed by atoms with Crippen LogP contribution in [0.25, 0.3) is 0 Å². The lowest BCUT2D eigenvalue weighted by atomic mass is 9.93. The molecule has 0 aliphatic heterocycles. The van der Waals surface area contributed by atoms with Crippen LogP contribution in [0.5, 0.6) is 0 Å². The number of nitrogens with one attached hydrogen (secondary N) is 1. The van der Waals surface area contributed by atoms with E-state index in [1.807, 2.05) is 0 Å². The van der Waals surface area contributed by atoms with Crippen LogP contribution in [0.1, 0.15) is 32.6 Å². The Balaban J connectivity index is 2.18. The van der Waals surface area contributed by atoms with Gasteiger partial charge in [0.05, 0.1) is 0 Å². The van der Waals surface area contributed by atoms with E-state index in [1.54, 1.807) is 0 Å². The molecule has 0 spiro atoms. The summed E-state index contributed by atoms with van der Waals surface area (Å²) in [5, 5.41) is 12.7. The summed E-state index contributed by atoms with van der Waals surface area (Å²) in [5.41, 5.74) is 0. The van der Waals surface area contributed by atoms with E-state index in [0.29, 0.717) is 6.04 Å². The smallest absolute Gasteiger partial charge is 0.294 e. The first-order valence-electron chi connectivity index (χ1n) is 4.77. The number of hydrogen-bond acceptors (Lipinski definition) is 4. The summed E-state index contributed by atoms with van der Waals surface area (Å²) >= 11 is 0. The lowest BCUT2D eigenvalue weighted by Crippen LogP contribution is -2.35. The van der Waals surface area contributed by atoms with Gasteiger partial charge in [-0.05, 0) is 32.2 Å². The molecular weight excluding hydrogens is 172 g/mol. The fraction of sp³-hybridized carbons (Fsp3) is 1.00. The van der Waals surface area contributed by atoms with E-state index in [-0.39, 0.29) is 6.10 Å². The summed E-state index contributed by atoms with van der Waals surface area (Å²) in [6.07, 6.45) is 3.36. The molecule has 0 aromatic rings. The molecule has 0 aromatic heterocycles. The first kappa shape index (κ1) is 10.2. The minimum absolute atomic E-state index is 0.176. The largest absolute Gasteiger partial charge is 0.314 e. The van der Waals surface area contributed by atoms with Crippen molar-refractivity contribution in [1.29, 1.82) is 0 Å².